The monoisotopic (exact) mass is 758 g/mol. The molecule has 45 heavy (non-hydrogen) atoms. The summed E-state index contributed by atoms with van der Waals surface area (Å²) < 4.78 is 4.23. The Morgan fingerprint density at radius 1 is 0.711 bits per heavy atom. The van der Waals surface area contributed by atoms with Crippen molar-refractivity contribution in [2.45, 2.75) is 0 Å². The number of hydrogen-bond acceptors (Lipinski definition) is 3. The summed E-state index contributed by atoms with van der Waals surface area (Å²) in [6.45, 7) is 2.06. The summed E-state index contributed by atoms with van der Waals surface area (Å²) in [6.07, 6.45) is 9.29. The van der Waals surface area contributed by atoms with Crippen LogP contribution in [0.15, 0.2) is 122 Å². The van der Waals surface area contributed by atoms with E-state index in [2.05, 4.69) is 136 Å². The van der Waals surface area contributed by atoms with Gasteiger partial charge in [0.05, 0.1) is 5.70 Å². The fourth-order valence-electron chi connectivity index (χ4n) is 7.00. The van der Waals surface area contributed by atoms with Crippen molar-refractivity contribution in [2.24, 2.45) is 7.05 Å². The zero-order chi connectivity index (χ0) is 29.4. The number of fused-ring (bicyclic) bond motifs is 17. The summed E-state index contributed by atoms with van der Waals surface area (Å²) in [5.74, 6) is 0. The van der Waals surface area contributed by atoms with E-state index in [4.69, 9.17) is 4.98 Å². The van der Waals surface area contributed by atoms with Gasteiger partial charge in [0.1, 0.15) is 11.9 Å². The first-order valence-electron chi connectivity index (χ1n) is 14.8. The van der Waals surface area contributed by atoms with Crippen molar-refractivity contribution in [2.75, 3.05) is 12.1 Å². The number of pyridine rings is 2. The minimum Gasteiger partial charge on any atom is -0.504 e. The van der Waals surface area contributed by atoms with Crippen molar-refractivity contribution in [3.05, 3.63) is 146 Å². The Hall–Kier alpha value is -5.03. The molecular weight excluding hydrogens is 731 g/mol. The third-order valence-corrected chi connectivity index (χ3v) is 8.81. The van der Waals surface area contributed by atoms with Crippen LogP contribution in [0.1, 0.15) is 5.56 Å². The molecule has 216 valence electrons. The van der Waals surface area contributed by atoms with E-state index in [1.165, 1.54) is 60.0 Å². The van der Waals surface area contributed by atoms with E-state index in [1.54, 1.807) is 0 Å². The van der Waals surface area contributed by atoms with Gasteiger partial charge in [-0.1, -0.05) is 103 Å². The summed E-state index contributed by atoms with van der Waals surface area (Å²) in [7, 11) is 4.13. The van der Waals surface area contributed by atoms with Gasteiger partial charge >= 0.3 is 20.1 Å². The Morgan fingerprint density at radius 3 is 2.16 bits per heavy atom. The van der Waals surface area contributed by atoms with Gasteiger partial charge in [-0.2, -0.15) is 12.1 Å². The van der Waals surface area contributed by atoms with Crippen LogP contribution in [-0.2, 0) is 27.2 Å². The maximum Gasteiger partial charge on any atom is 3.00 e. The average molecular weight is 758 g/mol. The molecule has 0 fully saturated rings. The second-order valence-electron chi connectivity index (χ2n) is 11.4. The molecule has 0 radical (unpaired) electrons. The topological polar surface area (TPSA) is 28.2 Å². The quantitative estimate of drug-likeness (QED) is 0.0901. The van der Waals surface area contributed by atoms with Crippen molar-refractivity contribution in [1.82, 2.24) is 14.5 Å². The maximum absolute atomic E-state index is 4.72. The first kappa shape index (κ1) is 27.5. The van der Waals surface area contributed by atoms with Gasteiger partial charge in [0.15, 0.2) is 0 Å². The van der Waals surface area contributed by atoms with Gasteiger partial charge in [0.2, 0.25) is 0 Å². The van der Waals surface area contributed by atoms with Crippen LogP contribution in [0.2, 0.25) is 0 Å². The van der Waals surface area contributed by atoms with Crippen molar-refractivity contribution in [3.63, 3.8) is 0 Å². The van der Waals surface area contributed by atoms with Crippen LogP contribution < -0.4 is 9.69 Å². The number of hydrogen-bond donors (Lipinski definition) is 0. The maximum atomic E-state index is 4.72. The predicted molar refractivity (Wildman–Crippen MR) is 179 cm³/mol. The van der Waals surface area contributed by atoms with Crippen LogP contribution in [0, 0.1) is 18.9 Å². The normalized spacial score (nSPS) is 13.3. The molecule has 6 heteroatoms. The van der Waals surface area contributed by atoms with Crippen molar-refractivity contribution in [1.29, 1.82) is 0 Å². The fraction of sp³-hybridized carbons (Fsp3) is 0.0513. The second-order valence-corrected chi connectivity index (χ2v) is 11.4. The van der Waals surface area contributed by atoms with Crippen molar-refractivity contribution < 1.29 is 24.8 Å². The Bertz CT molecular complexity index is 2480. The van der Waals surface area contributed by atoms with Crippen LogP contribution >= 0.6 is 0 Å². The van der Waals surface area contributed by atoms with Crippen LogP contribution in [0.5, 0.6) is 0 Å². The van der Waals surface area contributed by atoms with Crippen LogP contribution in [0.3, 0.4) is 0 Å². The molecule has 0 saturated carbocycles. The van der Waals surface area contributed by atoms with E-state index in [1.807, 2.05) is 37.6 Å². The van der Waals surface area contributed by atoms with Gasteiger partial charge in [0.25, 0.3) is 0 Å². The number of benzene rings is 5. The molecule has 10 rings (SSSR count). The molecule has 8 aromatic rings. The summed E-state index contributed by atoms with van der Waals surface area (Å²) in [5, 5.41) is 12.1. The Balaban J connectivity index is 0.000000139. The molecule has 0 aliphatic carbocycles. The van der Waals surface area contributed by atoms with Gasteiger partial charge in [-0.15, -0.1) is 11.5 Å². The van der Waals surface area contributed by atoms with Crippen molar-refractivity contribution >= 4 is 59.8 Å². The van der Waals surface area contributed by atoms with Crippen molar-refractivity contribution in [3.8, 4) is 11.3 Å². The smallest absolute Gasteiger partial charge is 0.504 e. The molecule has 0 spiro atoms. The molecule has 2 aliphatic rings. The van der Waals surface area contributed by atoms with E-state index < -0.39 is 0 Å². The summed E-state index contributed by atoms with van der Waals surface area (Å²) in [5.41, 5.74) is 7.09. The third-order valence-electron chi connectivity index (χ3n) is 8.81. The molecule has 5 aromatic carbocycles. The van der Waals surface area contributed by atoms with Gasteiger partial charge in [-0.3, -0.25) is 5.01 Å². The number of aryl methyl sites for hydroxylation is 1. The summed E-state index contributed by atoms with van der Waals surface area (Å²) >= 11 is 0. The summed E-state index contributed by atoms with van der Waals surface area (Å²) in [6, 6.07) is 39.6. The molecule has 5 heterocycles. The zero-order valence-corrected chi connectivity index (χ0v) is 27.1. The molecular formula is C39H27IrN5+. The first-order valence-corrected chi connectivity index (χ1v) is 14.8. The molecule has 0 atom stereocenters. The molecule has 5 nitrogen and oxygen atoms in total. The SMILES string of the molecule is CN1C=C2c3ccccc3-c3ccc[c-][n+]3N2[CH-]1.Cn1c[c-]c2c3ncccc3c3c4ccccc4c4ccccc4c3c21.[Ir+3]. The van der Waals surface area contributed by atoms with Gasteiger partial charge in [0, 0.05) is 17.3 Å². The molecule has 0 saturated heterocycles. The van der Waals surface area contributed by atoms with Gasteiger partial charge < -0.3 is 14.5 Å². The Kier molecular flexibility index (Phi) is 6.45. The molecule has 0 amide bonds. The molecule has 0 unspecified atom stereocenters. The summed E-state index contributed by atoms with van der Waals surface area (Å²) in [4.78, 5) is 6.78. The molecule has 0 bridgehead atoms. The molecule has 3 aromatic heterocycles. The Labute approximate surface area is 274 Å². The second kappa shape index (κ2) is 10.6. The van der Waals surface area contributed by atoms with E-state index in [0.29, 0.717) is 0 Å². The van der Waals surface area contributed by atoms with Gasteiger partial charge in [-0.25, -0.2) is 4.68 Å². The Morgan fingerprint density at radius 2 is 1.38 bits per heavy atom. The number of nitrogens with zero attached hydrogens (tertiary/aromatic N) is 5. The van der Waals surface area contributed by atoms with Crippen LogP contribution in [0.4, 0.5) is 0 Å². The fourth-order valence-corrected chi connectivity index (χ4v) is 7.00. The van der Waals surface area contributed by atoms with E-state index in [9.17, 15) is 0 Å². The standard InChI is InChI=1S/C24H15N2.C15H12N3.Ir/c1-26-14-12-20-23-19(11-6-13-25-23)21-17-9-4-2-7-15(17)16-8-3-5-10-18(16)22(21)24(20)26;1-16-10-15-13-7-3-2-6-12(13)14-8-4-5-9-17(14)18(15)11-16;/h2-11,13-14H,1H3;2-8,10-11H,1H3;/q2*-1;+3. The van der Waals surface area contributed by atoms with E-state index in [0.717, 1.165) is 16.6 Å². The molecule has 2 aliphatic heterocycles. The van der Waals surface area contributed by atoms with Crippen LogP contribution in [-0.4, -0.2) is 21.5 Å². The van der Waals surface area contributed by atoms with Crippen LogP contribution in [0.25, 0.3) is 71.1 Å². The van der Waals surface area contributed by atoms with Gasteiger partial charge in [-0.05, 0) is 69.6 Å². The van der Waals surface area contributed by atoms with E-state index in [-0.39, 0.29) is 20.1 Å². The number of rotatable bonds is 0. The predicted octanol–water partition coefficient (Wildman–Crippen LogP) is 7.74. The zero-order valence-electron chi connectivity index (χ0n) is 24.7. The minimum absolute atomic E-state index is 0. The molecule has 0 N–H and O–H groups in total. The average Bonchev–Trinajstić information content (AvgIpc) is 3.68. The third kappa shape index (κ3) is 4.03. The largest absolute Gasteiger partial charge is 3.00 e. The minimum atomic E-state index is 0. The van der Waals surface area contributed by atoms with E-state index >= 15 is 0 Å². The number of aromatic nitrogens is 3. The first-order chi connectivity index (χ1) is 21.7.